The standard InChI is InChI=1S/C23H36N6O5S/c1-14(2)33-21(19-13-24-15(3)12-25-19)17(5)35(30,31)28-23-27-26-22(20-7-6-16(4)34-20)29(23)18-8-10-32-11-9-18/h12-14,16-18,20-21H,6-11H2,1-5H3,(H,27,28)/t16-,17?,20-,21?/m1/s1. The lowest BCUT2D eigenvalue weighted by molar-refractivity contribution is 0.00394. The lowest BCUT2D eigenvalue weighted by atomic mass is 10.1. The van der Waals surface area contributed by atoms with Crippen molar-refractivity contribution in [2.75, 3.05) is 17.9 Å². The Hall–Kier alpha value is -2.15. The van der Waals surface area contributed by atoms with E-state index < -0.39 is 21.4 Å². The number of ether oxygens (including phenoxy) is 3. The zero-order chi connectivity index (χ0) is 25.2. The third-order valence-corrected chi connectivity index (χ3v) is 8.15. The molecule has 4 atom stereocenters. The minimum atomic E-state index is -3.94. The highest BCUT2D eigenvalue weighted by Crippen LogP contribution is 2.37. The lowest BCUT2D eigenvalue weighted by Crippen LogP contribution is -2.35. The average Bonchev–Trinajstić information content (AvgIpc) is 3.43. The van der Waals surface area contributed by atoms with Gasteiger partial charge in [0, 0.05) is 25.5 Å². The summed E-state index contributed by atoms with van der Waals surface area (Å²) in [5, 5.41) is 7.68. The zero-order valence-electron chi connectivity index (χ0n) is 21.0. The number of nitrogens with zero attached hydrogens (tertiary/aromatic N) is 5. The minimum absolute atomic E-state index is 0.0203. The molecule has 0 aromatic carbocycles. The summed E-state index contributed by atoms with van der Waals surface area (Å²) in [5.74, 6) is 0.853. The third-order valence-electron chi connectivity index (χ3n) is 6.46. The third kappa shape index (κ3) is 5.99. The summed E-state index contributed by atoms with van der Waals surface area (Å²) < 4.78 is 49.4. The topological polar surface area (TPSA) is 130 Å². The van der Waals surface area contributed by atoms with E-state index in [0.29, 0.717) is 24.7 Å². The molecule has 35 heavy (non-hydrogen) atoms. The maximum atomic E-state index is 13.6. The van der Waals surface area contributed by atoms with Crippen LogP contribution in [0.4, 0.5) is 5.95 Å². The van der Waals surface area contributed by atoms with Gasteiger partial charge in [0.25, 0.3) is 0 Å². The SMILES string of the molecule is Cc1cnc(C(OC(C)C)C(C)S(=O)(=O)Nc2nnc([C@H]3CC[C@@H](C)O3)n2C2CCOCC2)cn1. The second kappa shape index (κ2) is 10.9. The fraction of sp³-hybridized carbons (Fsp3) is 0.739. The van der Waals surface area contributed by atoms with Crippen LogP contribution in [0.2, 0.25) is 0 Å². The second-order valence-electron chi connectivity index (χ2n) is 9.65. The first-order valence-electron chi connectivity index (χ1n) is 12.3. The first kappa shape index (κ1) is 25.9. The molecule has 2 fully saturated rings. The van der Waals surface area contributed by atoms with Crippen molar-refractivity contribution in [2.24, 2.45) is 0 Å². The van der Waals surface area contributed by atoms with E-state index in [1.165, 1.54) is 0 Å². The highest BCUT2D eigenvalue weighted by atomic mass is 32.2. The quantitative estimate of drug-likeness (QED) is 0.542. The highest BCUT2D eigenvalue weighted by Gasteiger charge is 2.37. The molecule has 0 bridgehead atoms. The maximum Gasteiger partial charge on any atom is 0.240 e. The van der Waals surface area contributed by atoms with Crippen molar-refractivity contribution in [3.63, 3.8) is 0 Å². The lowest BCUT2D eigenvalue weighted by Gasteiger charge is -2.28. The van der Waals surface area contributed by atoms with Crippen molar-refractivity contribution in [1.82, 2.24) is 24.7 Å². The molecule has 11 nitrogen and oxygen atoms in total. The van der Waals surface area contributed by atoms with Gasteiger partial charge in [0.1, 0.15) is 17.5 Å². The Balaban J connectivity index is 1.64. The summed E-state index contributed by atoms with van der Waals surface area (Å²) in [6.07, 6.45) is 5.31. The molecule has 0 saturated carbocycles. The molecule has 4 heterocycles. The van der Waals surface area contributed by atoms with Crippen molar-refractivity contribution in [1.29, 1.82) is 0 Å². The van der Waals surface area contributed by atoms with Crippen LogP contribution >= 0.6 is 0 Å². The fourth-order valence-electron chi connectivity index (χ4n) is 4.53. The molecular formula is C23H36N6O5S. The number of aromatic nitrogens is 5. The molecule has 0 spiro atoms. The van der Waals surface area contributed by atoms with E-state index in [9.17, 15) is 8.42 Å². The molecule has 0 amide bonds. The van der Waals surface area contributed by atoms with Gasteiger partial charge in [0.15, 0.2) is 5.82 Å². The van der Waals surface area contributed by atoms with Gasteiger partial charge in [-0.3, -0.25) is 19.3 Å². The van der Waals surface area contributed by atoms with E-state index in [2.05, 4.69) is 24.9 Å². The Kier molecular flexibility index (Phi) is 8.04. The molecule has 194 valence electrons. The molecule has 2 unspecified atom stereocenters. The van der Waals surface area contributed by atoms with Gasteiger partial charge in [-0.2, -0.15) is 0 Å². The summed E-state index contributed by atoms with van der Waals surface area (Å²) in [7, 11) is -3.94. The highest BCUT2D eigenvalue weighted by molar-refractivity contribution is 7.93. The zero-order valence-corrected chi connectivity index (χ0v) is 21.9. The molecular weight excluding hydrogens is 472 g/mol. The van der Waals surface area contributed by atoms with Crippen LogP contribution in [0.5, 0.6) is 0 Å². The van der Waals surface area contributed by atoms with Crippen LogP contribution in [0.25, 0.3) is 0 Å². The molecule has 2 saturated heterocycles. The largest absolute Gasteiger partial charge is 0.381 e. The van der Waals surface area contributed by atoms with Gasteiger partial charge in [-0.1, -0.05) is 0 Å². The molecule has 4 rings (SSSR count). The van der Waals surface area contributed by atoms with Gasteiger partial charge in [-0.15, -0.1) is 10.2 Å². The predicted molar refractivity (Wildman–Crippen MR) is 129 cm³/mol. The Morgan fingerprint density at radius 2 is 1.83 bits per heavy atom. The smallest absolute Gasteiger partial charge is 0.240 e. The van der Waals surface area contributed by atoms with E-state index >= 15 is 0 Å². The van der Waals surface area contributed by atoms with Crippen molar-refractivity contribution < 1.29 is 22.6 Å². The van der Waals surface area contributed by atoms with Crippen molar-refractivity contribution in [3.05, 3.63) is 29.6 Å². The monoisotopic (exact) mass is 508 g/mol. The van der Waals surface area contributed by atoms with Gasteiger partial charge < -0.3 is 14.2 Å². The molecule has 2 aromatic heterocycles. The molecule has 0 radical (unpaired) electrons. The van der Waals surface area contributed by atoms with E-state index in [-0.39, 0.29) is 30.3 Å². The van der Waals surface area contributed by atoms with Gasteiger partial charge in [0.2, 0.25) is 16.0 Å². The second-order valence-corrected chi connectivity index (χ2v) is 11.7. The van der Waals surface area contributed by atoms with Crippen LogP contribution in [-0.4, -0.2) is 63.8 Å². The summed E-state index contributed by atoms with van der Waals surface area (Å²) in [4.78, 5) is 8.66. The minimum Gasteiger partial charge on any atom is -0.381 e. The predicted octanol–water partition coefficient (Wildman–Crippen LogP) is 3.26. The fourth-order valence-corrected chi connectivity index (χ4v) is 5.64. The van der Waals surface area contributed by atoms with Crippen LogP contribution < -0.4 is 4.72 Å². The van der Waals surface area contributed by atoms with Crippen LogP contribution in [0.3, 0.4) is 0 Å². The normalized spacial score (nSPS) is 23.5. The summed E-state index contributed by atoms with van der Waals surface area (Å²) in [5.41, 5.74) is 1.20. The number of hydrogen-bond donors (Lipinski definition) is 1. The van der Waals surface area contributed by atoms with Crippen LogP contribution in [-0.2, 0) is 24.2 Å². The van der Waals surface area contributed by atoms with E-state index in [0.717, 1.165) is 31.4 Å². The molecule has 2 aromatic rings. The molecule has 2 aliphatic rings. The van der Waals surface area contributed by atoms with Gasteiger partial charge >= 0.3 is 0 Å². The average molecular weight is 509 g/mol. The van der Waals surface area contributed by atoms with Crippen molar-refractivity contribution in [3.8, 4) is 0 Å². The number of rotatable bonds is 9. The van der Waals surface area contributed by atoms with Crippen LogP contribution in [0.1, 0.15) is 88.8 Å². The van der Waals surface area contributed by atoms with Gasteiger partial charge in [0.05, 0.1) is 29.8 Å². The summed E-state index contributed by atoms with van der Waals surface area (Å²) in [6.45, 7) is 10.4. The first-order valence-corrected chi connectivity index (χ1v) is 13.8. The summed E-state index contributed by atoms with van der Waals surface area (Å²) >= 11 is 0. The van der Waals surface area contributed by atoms with Gasteiger partial charge in [-0.05, 0) is 60.3 Å². The molecule has 2 aliphatic heterocycles. The maximum absolute atomic E-state index is 13.6. The number of sulfonamides is 1. The van der Waals surface area contributed by atoms with E-state index in [1.54, 1.807) is 19.3 Å². The molecule has 0 aliphatic carbocycles. The van der Waals surface area contributed by atoms with E-state index in [1.807, 2.05) is 32.3 Å². The van der Waals surface area contributed by atoms with Crippen molar-refractivity contribution in [2.45, 2.75) is 96.0 Å². The number of anilines is 1. The Morgan fingerprint density at radius 3 is 2.43 bits per heavy atom. The first-order chi connectivity index (χ1) is 16.7. The number of hydrogen-bond acceptors (Lipinski definition) is 9. The Bertz CT molecular complexity index is 1080. The molecule has 12 heteroatoms. The van der Waals surface area contributed by atoms with E-state index in [4.69, 9.17) is 14.2 Å². The van der Waals surface area contributed by atoms with Crippen LogP contribution in [0.15, 0.2) is 12.4 Å². The van der Waals surface area contributed by atoms with Crippen LogP contribution in [0, 0.1) is 6.92 Å². The molecule has 1 N–H and O–H groups in total. The number of nitrogens with one attached hydrogen (secondary N) is 1. The number of aryl methyl sites for hydroxylation is 1. The van der Waals surface area contributed by atoms with Crippen molar-refractivity contribution >= 4 is 16.0 Å². The summed E-state index contributed by atoms with van der Waals surface area (Å²) in [6, 6.07) is 0.0203. The Morgan fingerprint density at radius 1 is 1.09 bits per heavy atom. The van der Waals surface area contributed by atoms with Gasteiger partial charge in [-0.25, -0.2) is 8.42 Å². The Labute approximate surface area is 207 Å².